The maximum atomic E-state index is 5.86. The number of nitrogens with one attached hydrogen (secondary N) is 2. The van der Waals surface area contributed by atoms with Crippen LogP contribution in [-0.2, 0) is 14.2 Å². The van der Waals surface area contributed by atoms with Gasteiger partial charge in [-0.05, 0) is 46.0 Å². The van der Waals surface area contributed by atoms with Crippen LogP contribution in [0.2, 0.25) is 0 Å². The molecule has 0 aromatic rings. The van der Waals surface area contributed by atoms with E-state index in [9.17, 15) is 0 Å². The molecule has 0 bridgehead atoms. The molecular formula is C17H36IN3O3. The van der Waals surface area contributed by atoms with Crippen LogP contribution in [0.25, 0.3) is 0 Å². The Morgan fingerprint density at radius 3 is 2.58 bits per heavy atom. The lowest BCUT2D eigenvalue weighted by Gasteiger charge is -2.22. The van der Waals surface area contributed by atoms with Crippen molar-refractivity contribution in [3.8, 4) is 0 Å². The van der Waals surface area contributed by atoms with Crippen molar-refractivity contribution in [2.24, 2.45) is 4.99 Å². The molecule has 24 heavy (non-hydrogen) atoms. The van der Waals surface area contributed by atoms with Crippen molar-refractivity contribution < 1.29 is 14.2 Å². The Kier molecular flexibility index (Phi) is 17.6. The Morgan fingerprint density at radius 2 is 1.88 bits per heavy atom. The lowest BCUT2D eigenvalue weighted by atomic mass is 10.1. The van der Waals surface area contributed by atoms with Crippen LogP contribution < -0.4 is 10.6 Å². The zero-order valence-electron chi connectivity index (χ0n) is 15.3. The molecule has 0 unspecified atom stereocenters. The Balaban J connectivity index is 0.00000529. The molecule has 0 aromatic carbocycles. The van der Waals surface area contributed by atoms with E-state index in [-0.39, 0.29) is 24.0 Å². The van der Waals surface area contributed by atoms with Gasteiger partial charge in [-0.25, -0.2) is 0 Å². The van der Waals surface area contributed by atoms with Crippen LogP contribution in [0.4, 0.5) is 0 Å². The molecule has 2 N–H and O–H groups in total. The van der Waals surface area contributed by atoms with Crippen molar-refractivity contribution >= 4 is 29.9 Å². The van der Waals surface area contributed by atoms with E-state index in [1.807, 2.05) is 6.92 Å². The van der Waals surface area contributed by atoms with Crippen LogP contribution in [0.15, 0.2) is 4.99 Å². The van der Waals surface area contributed by atoms with Crippen LogP contribution in [0.3, 0.4) is 0 Å². The van der Waals surface area contributed by atoms with Gasteiger partial charge in [0.25, 0.3) is 0 Å². The molecule has 0 saturated carbocycles. The molecule has 1 saturated heterocycles. The summed E-state index contributed by atoms with van der Waals surface area (Å²) >= 11 is 0. The highest BCUT2D eigenvalue weighted by Crippen LogP contribution is 2.10. The average Bonchev–Trinajstić information content (AvgIpc) is 2.58. The van der Waals surface area contributed by atoms with Crippen LogP contribution in [0, 0.1) is 0 Å². The van der Waals surface area contributed by atoms with Crippen molar-refractivity contribution in [3.63, 3.8) is 0 Å². The maximum Gasteiger partial charge on any atom is 0.191 e. The summed E-state index contributed by atoms with van der Waals surface area (Å²) in [5.74, 6) is 0.898. The topological polar surface area (TPSA) is 64.1 Å². The standard InChI is InChI=1S/C17H35N3O3.HI/c1-3-18-17(19-10-5-6-12-21-4-2)20-11-7-13-23-16-8-14-22-15-9-16;/h16H,3-15H2,1-2H3,(H2,18,19,20);1H. The Bertz CT molecular complexity index is 301. The fraction of sp³-hybridized carbons (Fsp3) is 0.941. The molecule has 1 heterocycles. The van der Waals surface area contributed by atoms with Gasteiger partial charge in [-0.1, -0.05) is 0 Å². The van der Waals surface area contributed by atoms with Gasteiger partial charge in [-0.2, -0.15) is 0 Å². The van der Waals surface area contributed by atoms with Crippen LogP contribution in [0.5, 0.6) is 0 Å². The van der Waals surface area contributed by atoms with Gasteiger partial charge >= 0.3 is 0 Å². The number of hydrogen-bond donors (Lipinski definition) is 2. The minimum absolute atomic E-state index is 0. The molecule has 144 valence electrons. The van der Waals surface area contributed by atoms with Crippen LogP contribution >= 0.6 is 24.0 Å². The summed E-state index contributed by atoms with van der Waals surface area (Å²) in [5, 5.41) is 6.64. The Morgan fingerprint density at radius 1 is 1.08 bits per heavy atom. The molecule has 7 heteroatoms. The highest BCUT2D eigenvalue weighted by molar-refractivity contribution is 14.0. The van der Waals surface area contributed by atoms with Crippen LogP contribution in [0.1, 0.15) is 46.0 Å². The number of aliphatic imine (C=N–C) groups is 1. The molecule has 1 fully saturated rings. The molecule has 0 amide bonds. The fourth-order valence-corrected chi connectivity index (χ4v) is 2.37. The SMILES string of the molecule is CCNC(=NCCCOC1CCOCC1)NCCCCOCC.I. The monoisotopic (exact) mass is 457 g/mol. The first-order chi connectivity index (χ1) is 11.4. The third-order valence-electron chi connectivity index (χ3n) is 3.65. The lowest BCUT2D eigenvalue weighted by Crippen LogP contribution is -2.38. The second kappa shape index (κ2) is 17.7. The molecule has 1 aliphatic rings. The summed E-state index contributed by atoms with van der Waals surface area (Å²) < 4.78 is 16.5. The number of ether oxygens (including phenoxy) is 3. The zero-order chi connectivity index (χ0) is 16.6. The summed E-state index contributed by atoms with van der Waals surface area (Å²) in [4.78, 5) is 4.59. The number of guanidine groups is 1. The van der Waals surface area contributed by atoms with Gasteiger partial charge in [-0.15, -0.1) is 24.0 Å². The molecule has 0 aliphatic carbocycles. The first kappa shape index (κ1) is 23.9. The zero-order valence-corrected chi connectivity index (χ0v) is 17.7. The van der Waals surface area contributed by atoms with Gasteiger partial charge in [0.1, 0.15) is 0 Å². The normalized spacial score (nSPS) is 15.8. The van der Waals surface area contributed by atoms with Crippen LogP contribution in [-0.4, -0.2) is 64.7 Å². The van der Waals surface area contributed by atoms with E-state index in [2.05, 4.69) is 22.5 Å². The number of nitrogens with zero attached hydrogens (tertiary/aromatic N) is 1. The average molecular weight is 457 g/mol. The quantitative estimate of drug-likeness (QED) is 0.204. The first-order valence-corrected chi connectivity index (χ1v) is 9.16. The number of hydrogen-bond acceptors (Lipinski definition) is 4. The van der Waals surface area contributed by atoms with Crippen molar-refractivity contribution in [1.29, 1.82) is 0 Å². The van der Waals surface area contributed by atoms with Gasteiger partial charge in [0, 0.05) is 52.7 Å². The van der Waals surface area contributed by atoms with E-state index < -0.39 is 0 Å². The van der Waals surface area contributed by atoms with Gasteiger partial charge in [0.15, 0.2) is 5.96 Å². The maximum absolute atomic E-state index is 5.86. The number of unbranched alkanes of at least 4 members (excludes halogenated alkanes) is 1. The van der Waals surface area contributed by atoms with Crippen molar-refractivity contribution in [3.05, 3.63) is 0 Å². The second-order valence-corrected chi connectivity index (χ2v) is 5.63. The van der Waals surface area contributed by atoms with E-state index in [0.717, 1.165) is 90.7 Å². The number of halogens is 1. The predicted molar refractivity (Wildman–Crippen MR) is 110 cm³/mol. The molecule has 0 atom stereocenters. The largest absolute Gasteiger partial charge is 0.382 e. The van der Waals surface area contributed by atoms with Gasteiger partial charge in [0.2, 0.25) is 0 Å². The first-order valence-electron chi connectivity index (χ1n) is 9.16. The third kappa shape index (κ3) is 13.2. The van der Waals surface area contributed by atoms with Gasteiger partial charge in [0.05, 0.1) is 6.10 Å². The van der Waals surface area contributed by atoms with E-state index in [4.69, 9.17) is 14.2 Å². The summed E-state index contributed by atoms with van der Waals surface area (Å²) in [5.41, 5.74) is 0. The van der Waals surface area contributed by atoms with Gasteiger partial charge in [-0.3, -0.25) is 4.99 Å². The minimum atomic E-state index is 0. The number of rotatable bonds is 12. The van der Waals surface area contributed by atoms with Gasteiger partial charge < -0.3 is 24.8 Å². The predicted octanol–water partition coefficient (Wildman–Crippen LogP) is 2.56. The van der Waals surface area contributed by atoms with E-state index in [0.29, 0.717) is 6.10 Å². The van der Waals surface area contributed by atoms with E-state index >= 15 is 0 Å². The molecule has 0 radical (unpaired) electrons. The summed E-state index contributed by atoms with van der Waals surface area (Å²) in [6.07, 6.45) is 5.56. The summed E-state index contributed by atoms with van der Waals surface area (Å²) in [7, 11) is 0. The Labute approximate surface area is 164 Å². The third-order valence-corrected chi connectivity index (χ3v) is 3.65. The van der Waals surface area contributed by atoms with E-state index in [1.165, 1.54) is 0 Å². The lowest BCUT2D eigenvalue weighted by molar-refractivity contribution is -0.0318. The molecule has 0 aromatic heterocycles. The molecule has 1 rings (SSSR count). The highest BCUT2D eigenvalue weighted by Gasteiger charge is 2.13. The van der Waals surface area contributed by atoms with E-state index in [1.54, 1.807) is 0 Å². The molecular weight excluding hydrogens is 421 g/mol. The molecule has 0 spiro atoms. The van der Waals surface area contributed by atoms with Crippen molar-refractivity contribution in [2.45, 2.75) is 52.1 Å². The second-order valence-electron chi connectivity index (χ2n) is 5.63. The highest BCUT2D eigenvalue weighted by atomic mass is 127. The fourth-order valence-electron chi connectivity index (χ4n) is 2.37. The Hall–Kier alpha value is -0.120. The summed E-state index contributed by atoms with van der Waals surface area (Å²) in [6, 6.07) is 0. The summed E-state index contributed by atoms with van der Waals surface area (Å²) in [6.45, 7) is 10.8. The van der Waals surface area contributed by atoms with Crippen molar-refractivity contribution in [1.82, 2.24) is 10.6 Å². The van der Waals surface area contributed by atoms with Crippen molar-refractivity contribution in [2.75, 3.05) is 52.7 Å². The minimum Gasteiger partial charge on any atom is -0.382 e. The molecule has 6 nitrogen and oxygen atoms in total. The molecule has 1 aliphatic heterocycles. The smallest absolute Gasteiger partial charge is 0.191 e.